The SMILES string of the molecule is CCCNS(=O)(=O)NC(=O)OC(C)(C)C. The van der Waals surface area contributed by atoms with Crippen molar-refractivity contribution < 1.29 is 17.9 Å². The van der Waals surface area contributed by atoms with Gasteiger partial charge in [-0.1, -0.05) is 6.92 Å². The Morgan fingerprint density at radius 2 is 1.87 bits per heavy atom. The summed E-state index contributed by atoms with van der Waals surface area (Å²) in [4.78, 5) is 11.1. The molecule has 0 aliphatic heterocycles. The van der Waals surface area contributed by atoms with Gasteiger partial charge in [0.1, 0.15) is 5.60 Å². The molecule has 0 aromatic heterocycles. The predicted octanol–water partition coefficient (Wildman–Crippen LogP) is 0.756. The minimum atomic E-state index is -3.79. The fourth-order valence-electron chi connectivity index (χ4n) is 0.681. The van der Waals surface area contributed by atoms with Crippen LogP contribution in [0.2, 0.25) is 0 Å². The molecule has 6 nitrogen and oxygen atoms in total. The van der Waals surface area contributed by atoms with Crippen LogP contribution in [0.1, 0.15) is 34.1 Å². The average Bonchev–Trinajstić information content (AvgIpc) is 1.95. The summed E-state index contributed by atoms with van der Waals surface area (Å²) in [5, 5.41) is 0. The van der Waals surface area contributed by atoms with E-state index in [0.29, 0.717) is 6.42 Å². The Morgan fingerprint density at radius 1 is 1.33 bits per heavy atom. The molecule has 0 aromatic rings. The minimum absolute atomic E-state index is 0.276. The third kappa shape index (κ3) is 8.19. The van der Waals surface area contributed by atoms with Crippen LogP contribution in [0, 0.1) is 0 Å². The van der Waals surface area contributed by atoms with Gasteiger partial charge in [0.15, 0.2) is 0 Å². The van der Waals surface area contributed by atoms with Gasteiger partial charge in [-0.3, -0.25) is 0 Å². The third-order valence-electron chi connectivity index (χ3n) is 1.16. The standard InChI is InChI=1S/C8H18N2O4S/c1-5-6-9-15(12,13)10-7(11)14-8(2,3)4/h9H,5-6H2,1-4H3,(H,10,11). The second-order valence-corrected chi connectivity index (χ2v) is 5.50. The van der Waals surface area contributed by atoms with Gasteiger partial charge in [0.25, 0.3) is 0 Å². The molecular formula is C8H18N2O4S. The Labute approximate surface area is 90.6 Å². The van der Waals surface area contributed by atoms with Gasteiger partial charge in [-0.05, 0) is 27.2 Å². The maximum atomic E-state index is 11.2. The second kappa shape index (κ2) is 5.32. The van der Waals surface area contributed by atoms with E-state index in [2.05, 4.69) is 4.72 Å². The van der Waals surface area contributed by atoms with Crippen molar-refractivity contribution in [3.8, 4) is 0 Å². The largest absolute Gasteiger partial charge is 0.443 e. The van der Waals surface area contributed by atoms with E-state index in [1.807, 2.05) is 6.92 Å². The molecule has 0 unspecified atom stereocenters. The van der Waals surface area contributed by atoms with E-state index in [1.54, 1.807) is 25.5 Å². The second-order valence-electron chi connectivity index (χ2n) is 4.00. The first-order chi connectivity index (χ1) is 6.66. The van der Waals surface area contributed by atoms with Crippen molar-refractivity contribution in [3.63, 3.8) is 0 Å². The van der Waals surface area contributed by atoms with Crippen LogP contribution >= 0.6 is 0 Å². The highest BCUT2D eigenvalue weighted by molar-refractivity contribution is 7.88. The van der Waals surface area contributed by atoms with Gasteiger partial charge in [-0.15, -0.1) is 0 Å². The molecule has 0 fully saturated rings. The summed E-state index contributed by atoms with van der Waals surface area (Å²) in [6.07, 6.45) is -0.332. The number of amides is 1. The number of carbonyl (C=O) groups is 1. The zero-order valence-corrected chi connectivity index (χ0v) is 10.3. The summed E-state index contributed by atoms with van der Waals surface area (Å²) >= 11 is 0. The normalized spacial score (nSPS) is 12.3. The molecule has 15 heavy (non-hydrogen) atoms. The molecule has 0 aliphatic rings. The summed E-state index contributed by atoms with van der Waals surface area (Å²) in [5.41, 5.74) is -0.718. The predicted molar refractivity (Wildman–Crippen MR) is 56.6 cm³/mol. The maximum absolute atomic E-state index is 11.2. The quantitative estimate of drug-likeness (QED) is 0.757. The van der Waals surface area contributed by atoms with Crippen LogP contribution in [0.3, 0.4) is 0 Å². The molecule has 0 heterocycles. The summed E-state index contributed by atoms with van der Waals surface area (Å²) in [6.45, 7) is 7.05. The van der Waals surface area contributed by atoms with E-state index >= 15 is 0 Å². The van der Waals surface area contributed by atoms with Gasteiger partial charge in [0.05, 0.1) is 0 Å². The lowest BCUT2D eigenvalue weighted by Gasteiger charge is -2.19. The Hall–Kier alpha value is -0.820. The zero-order chi connectivity index (χ0) is 12.1. The fraction of sp³-hybridized carbons (Fsp3) is 0.875. The number of rotatable bonds is 4. The fourth-order valence-corrected chi connectivity index (χ4v) is 1.49. The number of carbonyl (C=O) groups excluding carboxylic acids is 1. The van der Waals surface area contributed by atoms with E-state index < -0.39 is 21.9 Å². The van der Waals surface area contributed by atoms with Gasteiger partial charge in [0, 0.05) is 6.54 Å². The Kier molecular flexibility index (Phi) is 5.02. The number of nitrogens with one attached hydrogen (secondary N) is 2. The zero-order valence-electron chi connectivity index (χ0n) is 9.46. The van der Waals surface area contributed by atoms with Gasteiger partial charge >= 0.3 is 16.3 Å². The Balaban J connectivity index is 4.17. The molecule has 90 valence electrons. The van der Waals surface area contributed by atoms with Crippen molar-refractivity contribution in [2.75, 3.05) is 6.54 Å². The van der Waals surface area contributed by atoms with Crippen LogP contribution in [-0.2, 0) is 14.9 Å². The highest BCUT2D eigenvalue weighted by Crippen LogP contribution is 2.06. The van der Waals surface area contributed by atoms with E-state index in [-0.39, 0.29) is 6.54 Å². The monoisotopic (exact) mass is 238 g/mol. The van der Waals surface area contributed by atoms with Crippen molar-refractivity contribution in [1.82, 2.24) is 9.44 Å². The van der Waals surface area contributed by atoms with E-state index in [4.69, 9.17) is 4.74 Å². The first kappa shape index (κ1) is 14.2. The average molecular weight is 238 g/mol. The van der Waals surface area contributed by atoms with E-state index in [9.17, 15) is 13.2 Å². The molecule has 0 radical (unpaired) electrons. The maximum Gasteiger partial charge on any atom is 0.422 e. The van der Waals surface area contributed by atoms with Crippen molar-refractivity contribution in [2.24, 2.45) is 0 Å². The van der Waals surface area contributed by atoms with E-state index in [1.165, 1.54) is 0 Å². The number of hydrogen-bond donors (Lipinski definition) is 2. The first-order valence-corrected chi connectivity index (χ1v) is 6.15. The molecule has 0 saturated heterocycles. The molecule has 7 heteroatoms. The summed E-state index contributed by atoms with van der Waals surface area (Å²) < 4.78 is 31.0. The molecule has 0 rings (SSSR count). The topological polar surface area (TPSA) is 84.5 Å². The summed E-state index contributed by atoms with van der Waals surface area (Å²) in [7, 11) is -3.79. The van der Waals surface area contributed by atoms with Crippen LogP contribution in [0.25, 0.3) is 0 Å². The van der Waals surface area contributed by atoms with Crippen molar-refractivity contribution in [1.29, 1.82) is 0 Å². The first-order valence-electron chi connectivity index (χ1n) is 4.66. The minimum Gasteiger partial charge on any atom is -0.443 e. The van der Waals surface area contributed by atoms with E-state index in [0.717, 1.165) is 0 Å². The van der Waals surface area contributed by atoms with Crippen LogP contribution in [-0.4, -0.2) is 26.7 Å². The molecular weight excluding hydrogens is 220 g/mol. The molecule has 0 spiro atoms. The van der Waals surface area contributed by atoms with Gasteiger partial charge < -0.3 is 4.74 Å². The molecule has 0 bridgehead atoms. The summed E-state index contributed by atoms with van der Waals surface area (Å²) in [6, 6.07) is 0. The molecule has 0 aromatic carbocycles. The smallest absolute Gasteiger partial charge is 0.422 e. The molecule has 0 aliphatic carbocycles. The highest BCUT2D eigenvalue weighted by Gasteiger charge is 2.20. The number of ether oxygens (including phenoxy) is 1. The highest BCUT2D eigenvalue weighted by atomic mass is 32.2. The van der Waals surface area contributed by atoms with Crippen LogP contribution in [0.5, 0.6) is 0 Å². The lowest BCUT2D eigenvalue weighted by molar-refractivity contribution is 0.0569. The molecule has 0 atom stereocenters. The van der Waals surface area contributed by atoms with Gasteiger partial charge in [0.2, 0.25) is 0 Å². The van der Waals surface area contributed by atoms with Crippen LogP contribution in [0.4, 0.5) is 4.79 Å². The van der Waals surface area contributed by atoms with Crippen molar-refractivity contribution in [3.05, 3.63) is 0 Å². The molecule has 0 saturated carbocycles. The lowest BCUT2D eigenvalue weighted by Crippen LogP contribution is -2.43. The van der Waals surface area contributed by atoms with Gasteiger partial charge in [-0.2, -0.15) is 13.1 Å². The lowest BCUT2D eigenvalue weighted by atomic mass is 10.2. The van der Waals surface area contributed by atoms with Crippen molar-refractivity contribution >= 4 is 16.3 Å². The number of hydrogen-bond acceptors (Lipinski definition) is 4. The van der Waals surface area contributed by atoms with Crippen LogP contribution < -0.4 is 9.44 Å². The Bertz CT molecular complexity index is 305. The molecule has 1 amide bonds. The Morgan fingerprint density at radius 3 is 2.27 bits per heavy atom. The summed E-state index contributed by atoms with van der Waals surface area (Å²) in [5.74, 6) is 0. The van der Waals surface area contributed by atoms with Crippen LogP contribution in [0.15, 0.2) is 0 Å². The molecule has 2 N–H and O–H groups in total. The third-order valence-corrected chi connectivity index (χ3v) is 2.18. The van der Waals surface area contributed by atoms with Gasteiger partial charge in [-0.25, -0.2) is 9.52 Å². The van der Waals surface area contributed by atoms with Crippen molar-refractivity contribution in [2.45, 2.75) is 39.7 Å².